The van der Waals surface area contributed by atoms with E-state index in [1.807, 2.05) is 0 Å². The van der Waals surface area contributed by atoms with E-state index in [1.165, 1.54) is 77.0 Å². The van der Waals surface area contributed by atoms with Gasteiger partial charge in [-0.05, 0) is 69.6 Å². The molecule has 194 valence electrons. The van der Waals surface area contributed by atoms with Gasteiger partial charge in [-0.2, -0.15) is 0 Å². The summed E-state index contributed by atoms with van der Waals surface area (Å²) in [5.74, 6) is -0.269. The Morgan fingerprint density at radius 3 is 1.30 bits per heavy atom. The normalized spacial score (nSPS) is 13.2. The molecule has 0 N–H and O–H groups in total. The van der Waals surface area contributed by atoms with Gasteiger partial charge in [-0.15, -0.1) is 0 Å². The average molecular weight is 484 g/mol. The van der Waals surface area contributed by atoms with Gasteiger partial charge in [-0.25, -0.2) is 12.9 Å². The van der Waals surface area contributed by atoms with E-state index in [-0.39, 0.29) is 5.75 Å². The van der Waals surface area contributed by atoms with Crippen LogP contribution in [0, 0.1) is 0 Å². The molecule has 4 nitrogen and oxygen atoms in total. The van der Waals surface area contributed by atoms with Gasteiger partial charge in [-0.1, -0.05) is 78.6 Å². The van der Waals surface area contributed by atoms with E-state index in [4.69, 9.17) is 0 Å². The first kappa shape index (κ1) is 32.1. The van der Waals surface area contributed by atoms with Crippen molar-refractivity contribution in [3.63, 3.8) is 0 Å². The predicted molar refractivity (Wildman–Crippen MR) is 143 cm³/mol. The van der Waals surface area contributed by atoms with Gasteiger partial charge in [0.15, 0.2) is 0 Å². The average Bonchev–Trinajstić information content (AvgIpc) is 2.77. The lowest BCUT2D eigenvalue weighted by Gasteiger charge is -2.27. The van der Waals surface area contributed by atoms with Crippen LogP contribution < -0.4 is 0 Å². The largest absolute Gasteiger partial charge is 0.748 e. The lowest BCUT2D eigenvalue weighted by molar-refractivity contribution is -0.774. The van der Waals surface area contributed by atoms with E-state index in [9.17, 15) is 13.0 Å². The molecule has 0 heterocycles. The zero-order chi connectivity index (χ0) is 24.7. The van der Waals surface area contributed by atoms with Crippen LogP contribution in [0.5, 0.6) is 0 Å². The van der Waals surface area contributed by atoms with Crippen LogP contribution in [0.2, 0.25) is 0 Å². The fourth-order valence-corrected chi connectivity index (χ4v) is 4.47. The summed E-state index contributed by atoms with van der Waals surface area (Å²) in [6, 6.07) is 0. The quantitative estimate of drug-likeness (QED) is 0.0830. The van der Waals surface area contributed by atoms with Crippen molar-refractivity contribution in [3.05, 3.63) is 36.8 Å². The highest BCUT2D eigenvalue weighted by Crippen LogP contribution is 2.18. The van der Waals surface area contributed by atoms with Crippen molar-refractivity contribution in [3.8, 4) is 0 Å². The summed E-state index contributed by atoms with van der Waals surface area (Å²) in [4.78, 5) is 0. The van der Waals surface area contributed by atoms with Gasteiger partial charge < -0.3 is 4.55 Å². The summed E-state index contributed by atoms with van der Waals surface area (Å²) in [5, 5.41) is 0. The van der Waals surface area contributed by atoms with Gasteiger partial charge in [-0.3, -0.25) is 0 Å². The Hall–Kier alpha value is -0.910. The minimum Gasteiger partial charge on any atom is -0.748 e. The molecule has 0 radical (unpaired) electrons. The second-order valence-electron chi connectivity index (χ2n) is 9.39. The molecule has 0 amide bonds. The molecule has 5 heteroatoms. The van der Waals surface area contributed by atoms with Gasteiger partial charge in [0.1, 0.15) is 18.6 Å². The summed E-state index contributed by atoms with van der Waals surface area (Å²) < 4.78 is 33.8. The third-order valence-corrected chi connectivity index (χ3v) is 6.80. The molecule has 0 spiro atoms. The number of nitrogens with zero attached hydrogens (tertiary/aromatic N) is 1. The summed E-state index contributed by atoms with van der Waals surface area (Å²) in [7, 11) is -4.14. The van der Waals surface area contributed by atoms with Crippen molar-refractivity contribution in [2.24, 2.45) is 0 Å². The Morgan fingerprint density at radius 2 is 0.970 bits per heavy atom. The molecular formula is C28H53NO3S. The Labute approximate surface area is 206 Å². The third-order valence-electron chi connectivity index (χ3n) is 6.01. The zero-order valence-corrected chi connectivity index (χ0v) is 22.8. The van der Waals surface area contributed by atoms with Crippen LogP contribution in [0.25, 0.3) is 0 Å². The first-order valence-corrected chi connectivity index (χ1v) is 15.3. The Morgan fingerprint density at radius 1 is 0.576 bits per heavy atom. The van der Waals surface area contributed by atoms with E-state index in [0.29, 0.717) is 17.3 Å². The molecule has 33 heavy (non-hydrogen) atoms. The van der Waals surface area contributed by atoms with Crippen molar-refractivity contribution in [2.75, 3.05) is 12.3 Å². The number of allylic oxidation sites excluding steroid dienone is 3. The second-order valence-corrected chi connectivity index (χ2v) is 10.9. The van der Waals surface area contributed by atoms with Crippen LogP contribution in [0.1, 0.15) is 130 Å². The molecule has 0 rings (SSSR count). The third kappa shape index (κ3) is 21.4. The molecule has 0 saturated heterocycles. The van der Waals surface area contributed by atoms with E-state index in [2.05, 4.69) is 57.6 Å². The minimum absolute atomic E-state index is 0.269. The second kappa shape index (κ2) is 21.6. The summed E-state index contributed by atoms with van der Waals surface area (Å²) in [5.41, 5.74) is 0. The first-order chi connectivity index (χ1) is 15.9. The van der Waals surface area contributed by atoms with Gasteiger partial charge in [0.05, 0.1) is 16.7 Å². The summed E-state index contributed by atoms with van der Waals surface area (Å²) >= 11 is 0. The highest BCUT2D eigenvalue weighted by Gasteiger charge is 2.18. The maximum Gasteiger partial charge on any atom is 0.101 e. The smallest absolute Gasteiger partial charge is 0.101 e. The predicted octanol–water partition coefficient (Wildman–Crippen LogP) is 8.58. The maximum atomic E-state index is 11.0. The zero-order valence-electron chi connectivity index (χ0n) is 22.0. The van der Waals surface area contributed by atoms with E-state index < -0.39 is 10.1 Å². The Kier molecular flexibility index (Phi) is 21.0. The van der Waals surface area contributed by atoms with Crippen LogP contribution >= 0.6 is 0 Å². The molecule has 0 aromatic heterocycles. The molecule has 0 aromatic carbocycles. The molecule has 0 aliphatic rings. The molecule has 0 aromatic rings. The molecule has 0 saturated carbocycles. The van der Waals surface area contributed by atoms with E-state index >= 15 is 0 Å². The molecule has 0 fully saturated rings. The summed E-state index contributed by atoms with van der Waals surface area (Å²) in [6.45, 7) is 7.49. The lowest BCUT2D eigenvalue weighted by atomic mass is 10.1. The Balaban J connectivity index is 5.28. The Bertz CT molecular complexity index is 568. The van der Waals surface area contributed by atoms with Crippen molar-refractivity contribution >= 4 is 10.1 Å². The fraction of sp³-hybridized carbons (Fsp3) is 0.786. The molecule has 0 atom stereocenters. The van der Waals surface area contributed by atoms with Gasteiger partial charge >= 0.3 is 0 Å². The molecule has 0 bridgehead atoms. The molecule has 0 unspecified atom stereocenters. The van der Waals surface area contributed by atoms with Crippen molar-refractivity contribution < 1.29 is 17.5 Å². The highest BCUT2D eigenvalue weighted by atomic mass is 32.2. The fourth-order valence-electron chi connectivity index (χ4n) is 3.92. The number of hydrogen-bond acceptors (Lipinski definition) is 3. The van der Waals surface area contributed by atoms with Crippen LogP contribution in [-0.4, -0.2) is 29.8 Å². The maximum absolute atomic E-state index is 11.0. The van der Waals surface area contributed by atoms with Crippen LogP contribution in [-0.2, 0) is 10.1 Å². The SMILES string of the molecule is CCCCCC/C=C/[N+](/C=C/CCCCCC)(/C=C/CCCCCC)CCCCS(=O)(=O)[O-]. The van der Waals surface area contributed by atoms with Crippen LogP contribution in [0.4, 0.5) is 0 Å². The summed E-state index contributed by atoms with van der Waals surface area (Å²) in [6.07, 6.45) is 33.1. The van der Waals surface area contributed by atoms with Crippen molar-refractivity contribution in [1.82, 2.24) is 0 Å². The van der Waals surface area contributed by atoms with Crippen molar-refractivity contribution in [1.29, 1.82) is 0 Å². The number of hydrogen-bond donors (Lipinski definition) is 0. The van der Waals surface area contributed by atoms with E-state index in [0.717, 1.165) is 25.8 Å². The number of unbranched alkanes of at least 4 members (excludes halogenated alkanes) is 13. The standard InChI is InChI=1S/C28H53NO3S/c1-4-7-10-13-16-19-24-29(25-20-17-14-11-8-5-2,26-21-18-15-12-9-6-3)27-22-23-28-33(30,31)32/h19-21,24-26H,4-18,22-23,27-28H2,1-3H3/b24-19+,25-20+,26-21+. The van der Waals surface area contributed by atoms with Crippen LogP contribution in [0.3, 0.4) is 0 Å². The van der Waals surface area contributed by atoms with Crippen molar-refractivity contribution in [2.45, 2.75) is 130 Å². The van der Waals surface area contributed by atoms with Crippen LogP contribution in [0.15, 0.2) is 36.8 Å². The first-order valence-electron chi connectivity index (χ1n) is 13.7. The monoisotopic (exact) mass is 483 g/mol. The number of quaternary nitrogens is 1. The topological polar surface area (TPSA) is 57.2 Å². The van der Waals surface area contributed by atoms with E-state index in [1.54, 1.807) is 0 Å². The van der Waals surface area contributed by atoms with Gasteiger partial charge in [0, 0.05) is 5.75 Å². The van der Waals surface area contributed by atoms with Gasteiger partial charge in [0.2, 0.25) is 0 Å². The molecule has 0 aliphatic carbocycles. The highest BCUT2D eigenvalue weighted by molar-refractivity contribution is 7.85. The molecule has 0 aliphatic heterocycles. The molecular weight excluding hydrogens is 430 g/mol. The minimum atomic E-state index is -4.14. The number of rotatable bonds is 23. The van der Waals surface area contributed by atoms with Gasteiger partial charge in [0.25, 0.3) is 0 Å². The lowest BCUT2D eigenvalue weighted by Crippen LogP contribution is -2.32.